The highest BCUT2D eigenvalue weighted by Crippen LogP contribution is 2.24. The summed E-state index contributed by atoms with van der Waals surface area (Å²) in [6, 6.07) is -0.0482. The van der Waals surface area contributed by atoms with Crippen molar-refractivity contribution in [2.45, 2.75) is 72.0 Å². The first-order valence-electron chi connectivity index (χ1n) is 8.49. The van der Waals surface area contributed by atoms with Crippen LogP contribution in [0.4, 0.5) is 0 Å². The number of hydrogen-bond donors (Lipinski definition) is 1. The summed E-state index contributed by atoms with van der Waals surface area (Å²) in [7, 11) is 0. The van der Waals surface area contributed by atoms with E-state index in [2.05, 4.69) is 5.32 Å². The molecule has 0 aliphatic carbocycles. The Morgan fingerprint density at radius 2 is 1.74 bits per heavy atom. The van der Waals surface area contributed by atoms with Crippen molar-refractivity contribution in [3.8, 4) is 0 Å². The fourth-order valence-electron chi connectivity index (χ4n) is 3.60. The molecule has 2 fully saturated rings. The van der Waals surface area contributed by atoms with E-state index in [0.717, 1.165) is 6.42 Å². The van der Waals surface area contributed by atoms with Crippen LogP contribution in [0.5, 0.6) is 0 Å². The predicted molar refractivity (Wildman–Crippen MR) is 87.6 cm³/mol. The van der Waals surface area contributed by atoms with Crippen LogP contribution >= 0.6 is 0 Å². The smallest absolute Gasteiger partial charge is 0.228 e. The molecule has 0 saturated carbocycles. The second-order valence-corrected chi connectivity index (χ2v) is 7.97. The number of carbonyl (C=O) groups is 3. The lowest BCUT2D eigenvalue weighted by Gasteiger charge is -2.46. The lowest BCUT2D eigenvalue weighted by Crippen LogP contribution is -2.61. The van der Waals surface area contributed by atoms with Gasteiger partial charge in [0.25, 0.3) is 0 Å². The predicted octanol–water partition coefficient (Wildman–Crippen LogP) is 1.15. The van der Waals surface area contributed by atoms with E-state index >= 15 is 0 Å². The van der Waals surface area contributed by atoms with Gasteiger partial charge in [-0.25, -0.2) is 0 Å². The van der Waals surface area contributed by atoms with Gasteiger partial charge in [-0.05, 0) is 20.3 Å². The van der Waals surface area contributed by atoms with Gasteiger partial charge < -0.3 is 15.1 Å². The van der Waals surface area contributed by atoms with Crippen molar-refractivity contribution in [2.75, 3.05) is 13.1 Å². The van der Waals surface area contributed by atoms with E-state index in [0.29, 0.717) is 25.9 Å². The van der Waals surface area contributed by atoms with Gasteiger partial charge in [0.05, 0.1) is 0 Å². The van der Waals surface area contributed by atoms with Gasteiger partial charge in [-0.15, -0.1) is 0 Å². The minimum atomic E-state index is -0.403. The summed E-state index contributed by atoms with van der Waals surface area (Å²) in [5.74, 6) is 0.232. The molecule has 2 rings (SSSR count). The fraction of sp³-hybridized carbons (Fsp3) is 0.824. The average molecular weight is 323 g/mol. The van der Waals surface area contributed by atoms with Crippen molar-refractivity contribution in [2.24, 2.45) is 5.41 Å². The van der Waals surface area contributed by atoms with Gasteiger partial charge in [0.1, 0.15) is 0 Å². The molecular formula is C17H29N3O3. The van der Waals surface area contributed by atoms with Crippen molar-refractivity contribution >= 4 is 17.7 Å². The number of hydrogen-bond acceptors (Lipinski definition) is 3. The highest BCUT2D eigenvalue weighted by Gasteiger charge is 2.38. The van der Waals surface area contributed by atoms with Crippen LogP contribution in [0, 0.1) is 5.41 Å². The Morgan fingerprint density at radius 3 is 2.17 bits per heavy atom. The van der Waals surface area contributed by atoms with Crippen LogP contribution < -0.4 is 5.32 Å². The normalized spacial score (nSPS) is 28.7. The van der Waals surface area contributed by atoms with E-state index in [1.807, 2.05) is 44.4 Å². The molecule has 0 aromatic carbocycles. The zero-order valence-electron chi connectivity index (χ0n) is 14.9. The standard InChI is InChI=1S/C17H29N3O3/c1-11-9-19(16(23)17(3,4)5)10-12(2)20(11)15(22)8-13-6-7-14(21)18-13/h11-13H,6-10H2,1-5H3,(H,18,21)/t11-,12-,13+/m1/s1. The molecule has 0 bridgehead atoms. The van der Waals surface area contributed by atoms with Crippen molar-refractivity contribution in [1.29, 1.82) is 0 Å². The molecular weight excluding hydrogens is 294 g/mol. The van der Waals surface area contributed by atoms with Crippen molar-refractivity contribution in [1.82, 2.24) is 15.1 Å². The molecule has 6 heteroatoms. The molecule has 0 aromatic heterocycles. The van der Waals surface area contributed by atoms with Crippen molar-refractivity contribution < 1.29 is 14.4 Å². The highest BCUT2D eigenvalue weighted by molar-refractivity contribution is 5.84. The maximum Gasteiger partial charge on any atom is 0.228 e. The van der Waals surface area contributed by atoms with E-state index in [4.69, 9.17) is 0 Å². The zero-order chi connectivity index (χ0) is 17.4. The van der Waals surface area contributed by atoms with Gasteiger partial charge in [-0.1, -0.05) is 20.8 Å². The number of carbonyl (C=O) groups excluding carboxylic acids is 3. The molecule has 0 spiro atoms. The quantitative estimate of drug-likeness (QED) is 0.829. The van der Waals surface area contributed by atoms with Gasteiger partial charge in [-0.3, -0.25) is 14.4 Å². The largest absolute Gasteiger partial charge is 0.353 e. The molecule has 130 valence electrons. The Hall–Kier alpha value is -1.59. The number of nitrogens with zero attached hydrogens (tertiary/aromatic N) is 2. The van der Waals surface area contributed by atoms with Gasteiger partial charge in [0, 0.05) is 49.5 Å². The second-order valence-electron chi connectivity index (χ2n) is 7.97. The summed E-state index contributed by atoms with van der Waals surface area (Å²) in [6.45, 7) is 10.9. The van der Waals surface area contributed by atoms with Crippen LogP contribution in [0.3, 0.4) is 0 Å². The second kappa shape index (κ2) is 6.49. The first-order valence-corrected chi connectivity index (χ1v) is 8.49. The third-order valence-corrected chi connectivity index (χ3v) is 4.64. The number of piperazine rings is 1. The van der Waals surface area contributed by atoms with E-state index in [1.165, 1.54) is 0 Å². The van der Waals surface area contributed by atoms with Gasteiger partial charge in [-0.2, -0.15) is 0 Å². The topological polar surface area (TPSA) is 69.7 Å². The van der Waals surface area contributed by atoms with Crippen LogP contribution in [-0.2, 0) is 14.4 Å². The molecule has 1 N–H and O–H groups in total. The monoisotopic (exact) mass is 323 g/mol. The van der Waals surface area contributed by atoms with Crippen LogP contribution in [0.2, 0.25) is 0 Å². The first kappa shape index (κ1) is 17.8. The highest BCUT2D eigenvalue weighted by atomic mass is 16.2. The SMILES string of the molecule is C[C@@H]1CN(C(=O)C(C)(C)C)C[C@@H](C)N1C(=O)C[C@@H]1CCC(=O)N1. The summed E-state index contributed by atoms with van der Waals surface area (Å²) in [6.07, 6.45) is 1.60. The summed E-state index contributed by atoms with van der Waals surface area (Å²) < 4.78 is 0. The van der Waals surface area contributed by atoms with Gasteiger partial charge in [0.2, 0.25) is 17.7 Å². The fourth-order valence-corrected chi connectivity index (χ4v) is 3.60. The van der Waals surface area contributed by atoms with Crippen molar-refractivity contribution in [3.63, 3.8) is 0 Å². The van der Waals surface area contributed by atoms with E-state index in [1.54, 1.807) is 0 Å². The van der Waals surface area contributed by atoms with Crippen molar-refractivity contribution in [3.05, 3.63) is 0 Å². The molecule has 2 aliphatic rings. The Balaban J connectivity index is 1.98. The van der Waals surface area contributed by atoms with E-state index < -0.39 is 5.41 Å². The third kappa shape index (κ3) is 4.03. The number of rotatable bonds is 2. The van der Waals surface area contributed by atoms with Crippen LogP contribution in [-0.4, -0.2) is 58.7 Å². The minimum Gasteiger partial charge on any atom is -0.353 e. The summed E-state index contributed by atoms with van der Waals surface area (Å²) in [4.78, 5) is 40.1. The first-order chi connectivity index (χ1) is 10.6. The summed E-state index contributed by atoms with van der Waals surface area (Å²) in [5.41, 5.74) is -0.403. The zero-order valence-corrected chi connectivity index (χ0v) is 14.9. The average Bonchev–Trinajstić information content (AvgIpc) is 2.81. The molecule has 3 amide bonds. The Labute approximate surface area is 138 Å². The lowest BCUT2D eigenvalue weighted by atomic mass is 9.93. The molecule has 2 saturated heterocycles. The Kier molecular flexibility index (Phi) is 5.01. The molecule has 2 heterocycles. The maximum atomic E-state index is 12.6. The van der Waals surface area contributed by atoms with Gasteiger partial charge >= 0.3 is 0 Å². The number of amides is 3. The molecule has 0 aromatic rings. The number of nitrogens with one attached hydrogen (secondary N) is 1. The van der Waals surface area contributed by atoms with Gasteiger partial charge in [0.15, 0.2) is 0 Å². The lowest BCUT2D eigenvalue weighted by molar-refractivity contribution is -0.150. The molecule has 2 aliphatic heterocycles. The molecule has 0 radical (unpaired) electrons. The van der Waals surface area contributed by atoms with E-state index in [-0.39, 0.29) is 35.8 Å². The summed E-state index contributed by atoms with van der Waals surface area (Å²) in [5, 5.41) is 2.85. The van der Waals surface area contributed by atoms with Crippen LogP contribution in [0.1, 0.15) is 53.9 Å². The molecule has 23 heavy (non-hydrogen) atoms. The maximum absolute atomic E-state index is 12.6. The van der Waals surface area contributed by atoms with Crippen LogP contribution in [0.25, 0.3) is 0 Å². The molecule has 6 nitrogen and oxygen atoms in total. The Bertz CT molecular complexity index is 486. The molecule has 3 atom stereocenters. The minimum absolute atomic E-state index is 0.00495. The third-order valence-electron chi connectivity index (χ3n) is 4.64. The molecule has 0 unspecified atom stereocenters. The summed E-state index contributed by atoms with van der Waals surface area (Å²) >= 11 is 0. The Morgan fingerprint density at radius 1 is 1.17 bits per heavy atom. The van der Waals surface area contributed by atoms with Crippen LogP contribution in [0.15, 0.2) is 0 Å². The van der Waals surface area contributed by atoms with E-state index in [9.17, 15) is 14.4 Å².